The fourth-order valence-corrected chi connectivity index (χ4v) is 9.60. The molecular formula is C56H36N2. The molecule has 0 spiro atoms. The first-order valence-electron chi connectivity index (χ1n) is 20.0. The number of benzene rings is 10. The third-order valence-corrected chi connectivity index (χ3v) is 12.1. The maximum Gasteiger partial charge on any atom is 0.0562 e. The Morgan fingerprint density at radius 1 is 0.328 bits per heavy atom. The van der Waals surface area contributed by atoms with E-state index in [-0.39, 0.29) is 0 Å². The molecule has 0 fully saturated rings. The molecule has 1 aromatic heterocycles. The largest absolute Gasteiger partial charge is 0.310 e. The number of nitrogens with zero attached hydrogens (tertiary/aromatic N) is 2. The summed E-state index contributed by atoms with van der Waals surface area (Å²) in [5, 5.41) is 7.62. The smallest absolute Gasteiger partial charge is 0.0562 e. The predicted octanol–water partition coefficient (Wildman–Crippen LogP) is 15.5. The Morgan fingerprint density at radius 3 is 1.83 bits per heavy atom. The van der Waals surface area contributed by atoms with E-state index in [9.17, 15) is 0 Å². The lowest BCUT2D eigenvalue weighted by molar-refractivity contribution is 1.18. The molecule has 1 aliphatic rings. The van der Waals surface area contributed by atoms with Crippen LogP contribution in [0.1, 0.15) is 0 Å². The summed E-state index contributed by atoms with van der Waals surface area (Å²) < 4.78 is 2.47. The van der Waals surface area contributed by atoms with Crippen molar-refractivity contribution in [3.05, 3.63) is 218 Å². The molecule has 270 valence electrons. The first kappa shape index (κ1) is 32.6. The highest BCUT2D eigenvalue weighted by Gasteiger charge is 2.29. The number of aromatic nitrogens is 1. The van der Waals surface area contributed by atoms with E-state index < -0.39 is 0 Å². The van der Waals surface area contributed by atoms with Gasteiger partial charge in [0.15, 0.2) is 0 Å². The lowest BCUT2D eigenvalue weighted by atomic mass is 9.96. The van der Waals surface area contributed by atoms with E-state index in [4.69, 9.17) is 0 Å². The Hall–Kier alpha value is -7.68. The minimum atomic E-state index is 1.10. The third-order valence-electron chi connectivity index (χ3n) is 12.1. The molecule has 0 atom stereocenters. The van der Waals surface area contributed by atoms with Gasteiger partial charge in [-0.1, -0.05) is 170 Å². The van der Waals surface area contributed by atoms with Gasteiger partial charge in [-0.15, -0.1) is 0 Å². The zero-order valence-corrected chi connectivity index (χ0v) is 31.7. The number of anilines is 3. The standard InChI is InChI=1S/C56H36N2/c1-3-16-37(17-4-1)39-21-13-23-42(35-39)57(52-31-15-28-49-55(52)48-27-14-22-41-34-40-20-7-8-25-45(40)56(49)54(41)48)43-32-33-47-46-26-10-12-30-51(46)58(53(47)36-43)50-29-11-9-24-44(50)38-18-5-2-6-19-38/h1-36H. The number of hydrogen-bond acceptors (Lipinski definition) is 1. The van der Waals surface area contributed by atoms with Crippen molar-refractivity contribution in [1.29, 1.82) is 0 Å². The van der Waals surface area contributed by atoms with Gasteiger partial charge in [0.05, 0.1) is 22.4 Å². The molecule has 0 bridgehead atoms. The predicted molar refractivity (Wildman–Crippen MR) is 246 cm³/mol. The van der Waals surface area contributed by atoms with Gasteiger partial charge < -0.3 is 9.47 Å². The Labute approximate surface area is 337 Å². The fraction of sp³-hybridized carbons (Fsp3) is 0. The molecule has 58 heavy (non-hydrogen) atoms. The van der Waals surface area contributed by atoms with Crippen molar-refractivity contribution in [3.8, 4) is 50.2 Å². The quantitative estimate of drug-likeness (QED) is 0.154. The van der Waals surface area contributed by atoms with Crippen molar-refractivity contribution in [2.75, 3.05) is 4.90 Å². The van der Waals surface area contributed by atoms with Crippen LogP contribution < -0.4 is 4.90 Å². The molecule has 2 heteroatoms. The van der Waals surface area contributed by atoms with Crippen molar-refractivity contribution in [2.45, 2.75) is 0 Å². The number of para-hydroxylation sites is 2. The van der Waals surface area contributed by atoms with Gasteiger partial charge in [0.25, 0.3) is 0 Å². The van der Waals surface area contributed by atoms with Crippen molar-refractivity contribution in [3.63, 3.8) is 0 Å². The molecule has 2 nitrogen and oxygen atoms in total. The van der Waals surface area contributed by atoms with E-state index in [2.05, 4.69) is 228 Å². The van der Waals surface area contributed by atoms with Crippen LogP contribution in [0.2, 0.25) is 0 Å². The average Bonchev–Trinajstić information content (AvgIpc) is 3.81. The molecule has 0 N–H and O–H groups in total. The van der Waals surface area contributed by atoms with Crippen LogP contribution in [0.5, 0.6) is 0 Å². The summed E-state index contributed by atoms with van der Waals surface area (Å²) in [7, 11) is 0. The summed E-state index contributed by atoms with van der Waals surface area (Å²) in [5.74, 6) is 0. The molecule has 12 rings (SSSR count). The van der Waals surface area contributed by atoms with Crippen molar-refractivity contribution >= 4 is 60.4 Å². The van der Waals surface area contributed by atoms with Gasteiger partial charge >= 0.3 is 0 Å². The maximum atomic E-state index is 2.49. The number of hydrogen-bond donors (Lipinski definition) is 0. The van der Waals surface area contributed by atoms with E-state index in [0.717, 1.165) is 28.3 Å². The zero-order chi connectivity index (χ0) is 38.2. The second-order valence-corrected chi connectivity index (χ2v) is 15.3. The average molecular weight is 737 g/mol. The van der Waals surface area contributed by atoms with E-state index in [0.29, 0.717) is 0 Å². The molecule has 0 unspecified atom stereocenters. The first-order chi connectivity index (χ1) is 28.8. The number of rotatable bonds is 6. The van der Waals surface area contributed by atoms with Crippen LogP contribution in [0.15, 0.2) is 218 Å². The molecular weight excluding hydrogens is 701 g/mol. The molecule has 0 saturated carbocycles. The molecule has 11 aromatic rings. The van der Waals surface area contributed by atoms with Crippen LogP contribution in [-0.4, -0.2) is 4.57 Å². The Morgan fingerprint density at radius 2 is 0.948 bits per heavy atom. The van der Waals surface area contributed by atoms with Gasteiger partial charge in [-0.2, -0.15) is 0 Å². The molecule has 1 heterocycles. The van der Waals surface area contributed by atoms with Crippen molar-refractivity contribution < 1.29 is 0 Å². The van der Waals surface area contributed by atoms with Crippen molar-refractivity contribution in [2.24, 2.45) is 0 Å². The summed E-state index contributed by atoms with van der Waals surface area (Å²) in [6.45, 7) is 0. The zero-order valence-electron chi connectivity index (χ0n) is 31.7. The van der Waals surface area contributed by atoms with Crippen LogP contribution in [0, 0.1) is 0 Å². The highest BCUT2D eigenvalue weighted by Crippen LogP contribution is 2.55. The molecule has 1 aliphatic carbocycles. The molecule has 0 aliphatic heterocycles. The van der Waals surface area contributed by atoms with E-state index in [1.165, 1.54) is 82.3 Å². The van der Waals surface area contributed by atoms with Crippen LogP contribution in [0.3, 0.4) is 0 Å². The first-order valence-corrected chi connectivity index (χ1v) is 20.0. The second-order valence-electron chi connectivity index (χ2n) is 15.3. The Bertz CT molecular complexity index is 3390. The normalized spacial score (nSPS) is 11.8. The highest BCUT2D eigenvalue weighted by molar-refractivity contribution is 6.26. The van der Waals surface area contributed by atoms with Crippen LogP contribution in [0.25, 0.3) is 93.5 Å². The van der Waals surface area contributed by atoms with Crippen LogP contribution >= 0.6 is 0 Å². The van der Waals surface area contributed by atoms with E-state index in [1.54, 1.807) is 0 Å². The summed E-state index contributed by atoms with van der Waals surface area (Å²) in [5.41, 5.74) is 16.8. The number of fused-ring (bicyclic) bond motifs is 8. The highest BCUT2D eigenvalue weighted by atomic mass is 15.1. The lowest BCUT2D eigenvalue weighted by Gasteiger charge is -2.29. The summed E-state index contributed by atoms with van der Waals surface area (Å²) in [6.07, 6.45) is 0. The topological polar surface area (TPSA) is 8.17 Å². The van der Waals surface area contributed by atoms with Crippen molar-refractivity contribution in [1.82, 2.24) is 4.57 Å². The molecule has 0 saturated heterocycles. The Kier molecular flexibility index (Phi) is 7.26. The SMILES string of the molecule is c1ccc(-c2cccc(N(c3ccc4c5ccccc5n(-c5ccccc5-c5ccccc5)c4c3)c3cccc4c3-c3cccc5cc6ccccc6c-4c35)c2)cc1. The summed E-state index contributed by atoms with van der Waals surface area (Å²) >= 11 is 0. The van der Waals surface area contributed by atoms with Gasteiger partial charge in [0.2, 0.25) is 0 Å². The third kappa shape index (κ3) is 4.92. The monoisotopic (exact) mass is 736 g/mol. The summed E-state index contributed by atoms with van der Waals surface area (Å²) in [4.78, 5) is 2.49. The van der Waals surface area contributed by atoms with Gasteiger partial charge in [0, 0.05) is 33.3 Å². The van der Waals surface area contributed by atoms with Gasteiger partial charge in [0.1, 0.15) is 0 Å². The van der Waals surface area contributed by atoms with Gasteiger partial charge in [-0.05, 0) is 103 Å². The fourth-order valence-electron chi connectivity index (χ4n) is 9.60. The molecule has 0 radical (unpaired) electrons. The maximum absolute atomic E-state index is 2.49. The minimum absolute atomic E-state index is 1.10. The minimum Gasteiger partial charge on any atom is -0.310 e. The van der Waals surface area contributed by atoms with E-state index in [1.807, 2.05) is 0 Å². The van der Waals surface area contributed by atoms with Crippen LogP contribution in [-0.2, 0) is 0 Å². The summed E-state index contributed by atoms with van der Waals surface area (Å²) in [6, 6.07) is 80.0. The van der Waals surface area contributed by atoms with E-state index >= 15 is 0 Å². The van der Waals surface area contributed by atoms with Gasteiger partial charge in [-0.3, -0.25) is 0 Å². The van der Waals surface area contributed by atoms with Crippen LogP contribution in [0.4, 0.5) is 17.1 Å². The molecule has 10 aromatic carbocycles. The Balaban J connectivity index is 1.15. The van der Waals surface area contributed by atoms with Gasteiger partial charge in [-0.25, -0.2) is 0 Å². The molecule has 0 amide bonds. The lowest BCUT2D eigenvalue weighted by Crippen LogP contribution is -2.11. The second kappa shape index (κ2) is 12.9.